The molecule has 0 unspecified atom stereocenters. The van der Waals surface area contributed by atoms with E-state index in [-0.39, 0.29) is 6.10 Å². The van der Waals surface area contributed by atoms with Crippen LogP contribution in [0.5, 0.6) is 5.75 Å². The predicted octanol–water partition coefficient (Wildman–Crippen LogP) is 0.112. The first-order chi connectivity index (χ1) is 10.2. The van der Waals surface area contributed by atoms with Gasteiger partial charge in [0.1, 0.15) is 11.9 Å². The summed E-state index contributed by atoms with van der Waals surface area (Å²) >= 11 is 0. The van der Waals surface area contributed by atoms with E-state index in [4.69, 9.17) is 9.47 Å². The van der Waals surface area contributed by atoms with Crippen molar-refractivity contribution in [2.45, 2.75) is 12.5 Å². The van der Waals surface area contributed by atoms with Gasteiger partial charge in [-0.25, -0.2) is 0 Å². The van der Waals surface area contributed by atoms with Gasteiger partial charge in [0.15, 0.2) is 0 Å². The van der Waals surface area contributed by atoms with Crippen LogP contribution in [0, 0.1) is 0 Å². The molecule has 3 rings (SSSR count). The van der Waals surface area contributed by atoms with Crippen LogP contribution in [0.2, 0.25) is 0 Å². The van der Waals surface area contributed by atoms with Crippen LogP contribution >= 0.6 is 0 Å². The lowest BCUT2D eigenvalue weighted by Crippen LogP contribution is -2.48. The average molecular weight is 313 g/mol. The molecule has 8 heteroatoms. The van der Waals surface area contributed by atoms with Crippen molar-refractivity contribution < 1.29 is 17.9 Å². The van der Waals surface area contributed by atoms with Gasteiger partial charge in [0.05, 0.1) is 26.0 Å². The van der Waals surface area contributed by atoms with Gasteiger partial charge in [0.25, 0.3) is 10.2 Å². The van der Waals surface area contributed by atoms with Crippen molar-refractivity contribution in [3.05, 3.63) is 24.5 Å². The minimum atomic E-state index is -3.40. The van der Waals surface area contributed by atoms with Gasteiger partial charge in [-0.3, -0.25) is 4.98 Å². The molecule has 0 aliphatic carbocycles. The zero-order valence-corrected chi connectivity index (χ0v) is 12.5. The van der Waals surface area contributed by atoms with Crippen molar-refractivity contribution >= 4 is 10.2 Å². The molecular formula is C13H19N3O4S. The molecule has 1 aromatic rings. The maximum absolute atomic E-state index is 12.5. The lowest BCUT2D eigenvalue weighted by molar-refractivity contribution is 0.0704. The normalized spacial score (nSPS) is 25.0. The van der Waals surface area contributed by atoms with Gasteiger partial charge >= 0.3 is 0 Å². The van der Waals surface area contributed by atoms with Crippen LogP contribution < -0.4 is 4.74 Å². The second kappa shape index (κ2) is 6.27. The first-order valence-corrected chi connectivity index (χ1v) is 8.45. The zero-order valence-electron chi connectivity index (χ0n) is 11.7. The Labute approximate surface area is 124 Å². The Kier molecular flexibility index (Phi) is 4.39. The Balaban J connectivity index is 1.61. The molecule has 0 spiro atoms. The molecule has 2 aliphatic rings. The highest BCUT2D eigenvalue weighted by Gasteiger charge is 2.37. The minimum absolute atomic E-state index is 0.120. The molecule has 0 radical (unpaired) electrons. The third-order valence-electron chi connectivity index (χ3n) is 3.67. The van der Waals surface area contributed by atoms with Crippen LogP contribution in [0.3, 0.4) is 0 Å². The van der Waals surface area contributed by atoms with E-state index in [0.717, 1.165) is 0 Å². The van der Waals surface area contributed by atoms with E-state index in [9.17, 15) is 8.42 Å². The molecule has 3 heterocycles. The Morgan fingerprint density at radius 1 is 1.24 bits per heavy atom. The molecule has 1 atom stereocenters. The summed E-state index contributed by atoms with van der Waals surface area (Å²) in [6, 6.07) is 3.62. The van der Waals surface area contributed by atoms with Crippen molar-refractivity contribution in [1.82, 2.24) is 13.6 Å². The molecule has 0 amide bonds. The molecule has 116 valence electrons. The largest absolute Gasteiger partial charge is 0.487 e. The van der Waals surface area contributed by atoms with Crippen molar-refractivity contribution in [3.8, 4) is 5.75 Å². The van der Waals surface area contributed by atoms with Gasteiger partial charge in [-0.2, -0.15) is 17.0 Å². The number of morpholine rings is 1. The average Bonchev–Trinajstić information content (AvgIpc) is 2.98. The zero-order chi connectivity index (χ0) is 14.7. The minimum Gasteiger partial charge on any atom is -0.487 e. The van der Waals surface area contributed by atoms with E-state index < -0.39 is 10.2 Å². The van der Waals surface area contributed by atoms with Crippen LogP contribution in [0.1, 0.15) is 6.42 Å². The third-order valence-corrected chi connectivity index (χ3v) is 5.67. The fourth-order valence-corrected chi connectivity index (χ4v) is 4.18. The smallest absolute Gasteiger partial charge is 0.282 e. The molecule has 2 fully saturated rings. The van der Waals surface area contributed by atoms with Crippen LogP contribution in [0.4, 0.5) is 0 Å². The van der Waals surface area contributed by atoms with Crippen molar-refractivity contribution in [2.24, 2.45) is 0 Å². The number of nitrogens with zero attached hydrogens (tertiary/aromatic N) is 3. The highest BCUT2D eigenvalue weighted by molar-refractivity contribution is 7.86. The topological polar surface area (TPSA) is 72.0 Å². The molecule has 0 aromatic carbocycles. The molecule has 2 saturated heterocycles. The SMILES string of the molecule is O=S(=O)(N1CCOCC1)N1CC[C@H](Oc2cccnc2)C1. The predicted molar refractivity (Wildman–Crippen MR) is 76.2 cm³/mol. The standard InChI is InChI=1S/C13H19N3O4S/c17-21(18,15-6-8-19-9-7-15)16-5-3-13(11-16)20-12-2-1-4-14-10-12/h1-2,4,10,13H,3,5-9,11H2/t13-/m0/s1. The summed E-state index contributed by atoms with van der Waals surface area (Å²) in [5.41, 5.74) is 0. The summed E-state index contributed by atoms with van der Waals surface area (Å²) in [4.78, 5) is 3.99. The van der Waals surface area contributed by atoms with E-state index in [0.29, 0.717) is 51.6 Å². The lowest BCUT2D eigenvalue weighted by Gasteiger charge is -2.30. The van der Waals surface area contributed by atoms with Gasteiger partial charge in [-0.15, -0.1) is 0 Å². The number of rotatable bonds is 4. The monoisotopic (exact) mass is 313 g/mol. The summed E-state index contributed by atoms with van der Waals surface area (Å²) in [7, 11) is -3.40. The summed E-state index contributed by atoms with van der Waals surface area (Å²) in [5, 5.41) is 0. The molecule has 21 heavy (non-hydrogen) atoms. The molecule has 0 bridgehead atoms. The maximum Gasteiger partial charge on any atom is 0.282 e. The Morgan fingerprint density at radius 3 is 2.76 bits per heavy atom. The molecule has 0 saturated carbocycles. The van der Waals surface area contributed by atoms with Crippen molar-refractivity contribution in [1.29, 1.82) is 0 Å². The summed E-state index contributed by atoms with van der Waals surface area (Å²) in [6.07, 6.45) is 3.89. The number of pyridine rings is 1. The fourth-order valence-electron chi connectivity index (χ4n) is 2.55. The molecular weight excluding hydrogens is 294 g/mol. The van der Waals surface area contributed by atoms with Crippen LogP contribution in [0.25, 0.3) is 0 Å². The molecule has 2 aliphatic heterocycles. The van der Waals surface area contributed by atoms with Crippen LogP contribution in [-0.2, 0) is 14.9 Å². The number of ether oxygens (including phenoxy) is 2. The second-order valence-electron chi connectivity index (χ2n) is 5.09. The second-order valence-corrected chi connectivity index (χ2v) is 7.02. The Morgan fingerprint density at radius 2 is 2.05 bits per heavy atom. The number of hydrogen-bond acceptors (Lipinski definition) is 5. The van der Waals surface area contributed by atoms with Crippen LogP contribution in [-0.4, -0.2) is 67.5 Å². The quantitative estimate of drug-likeness (QED) is 0.789. The van der Waals surface area contributed by atoms with Gasteiger partial charge < -0.3 is 9.47 Å². The lowest BCUT2D eigenvalue weighted by atomic mass is 10.3. The maximum atomic E-state index is 12.5. The van der Waals surface area contributed by atoms with Gasteiger partial charge in [-0.1, -0.05) is 0 Å². The fraction of sp³-hybridized carbons (Fsp3) is 0.615. The summed E-state index contributed by atoms with van der Waals surface area (Å²) < 4.78 is 39.0. The van der Waals surface area contributed by atoms with Crippen molar-refractivity contribution in [2.75, 3.05) is 39.4 Å². The van der Waals surface area contributed by atoms with Crippen LogP contribution in [0.15, 0.2) is 24.5 Å². The number of aromatic nitrogens is 1. The van der Waals surface area contributed by atoms with E-state index in [1.807, 2.05) is 6.07 Å². The molecule has 0 N–H and O–H groups in total. The Bertz CT molecular complexity index is 560. The van der Waals surface area contributed by atoms with E-state index in [2.05, 4.69) is 4.98 Å². The summed E-state index contributed by atoms with van der Waals surface area (Å²) in [5.74, 6) is 0.674. The first kappa shape index (κ1) is 14.7. The highest BCUT2D eigenvalue weighted by Crippen LogP contribution is 2.21. The molecule has 1 aromatic heterocycles. The third kappa shape index (κ3) is 3.34. The first-order valence-electron chi connectivity index (χ1n) is 7.06. The summed E-state index contributed by atoms with van der Waals surface area (Å²) in [6.45, 7) is 2.64. The van der Waals surface area contributed by atoms with Gasteiger partial charge in [0.2, 0.25) is 0 Å². The molecule has 7 nitrogen and oxygen atoms in total. The van der Waals surface area contributed by atoms with E-state index in [1.54, 1.807) is 18.5 Å². The number of hydrogen-bond donors (Lipinski definition) is 0. The van der Waals surface area contributed by atoms with E-state index >= 15 is 0 Å². The Hall–Kier alpha value is -1.22. The van der Waals surface area contributed by atoms with Crippen molar-refractivity contribution in [3.63, 3.8) is 0 Å². The van der Waals surface area contributed by atoms with Gasteiger partial charge in [-0.05, 0) is 18.6 Å². The van der Waals surface area contributed by atoms with Gasteiger partial charge in [0, 0.05) is 25.8 Å². The highest BCUT2D eigenvalue weighted by atomic mass is 32.2. The van der Waals surface area contributed by atoms with E-state index in [1.165, 1.54) is 8.61 Å².